The largest absolute Gasteiger partial charge is 0.309 e. The standard InChI is InChI=1S/C47H30N4/c1-2-10-30(11-3-1)31-18-22-35(23-19-31)50-42-16-8-6-14-37(42)39-24-20-33(28-45(39)50)32-21-25-44-40(26-32)38-15-7-9-17-43(38)51(44)46-29-48-41-27-34-12-4-5-13-36(34)47(41)49-46/h1-26,28-29H,27H2. The van der Waals surface area contributed by atoms with Crippen LogP contribution in [-0.4, -0.2) is 19.1 Å². The van der Waals surface area contributed by atoms with Gasteiger partial charge in [-0.1, -0.05) is 121 Å². The third kappa shape index (κ3) is 4.26. The minimum Gasteiger partial charge on any atom is -0.309 e. The molecule has 0 spiro atoms. The summed E-state index contributed by atoms with van der Waals surface area (Å²) in [6.45, 7) is 0. The fourth-order valence-electron chi connectivity index (χ4n) is 8.20. The molecule has 0 fully saturated rings. The molecule has 238 valence electrons. The molecule has 1 aliphatic rings. The number of nitrogens with zero attached hydrogens (tertiary/aromatic N) is 4. The third-order valence-corrected chi connectivity index (χ3v) is 10.6. The minimum absolute atomic E-state index is 0.831. The first-order valence-corrected chi connectivity index (χ1v) is 17.5. The molecule has 0 bridgehead atoms. The van der Waals surface area contributed by atoms with E-state index in [-0.39, 0.29) is 0 Å². The zero-order chi connectivity index (χ0) is 33.5. The Morgan fingerprint density at radius 2 is 1.04 bits per heavy atom. The number of hydrogen-bond acceptors (Lipinski definition) is 2. The van der Waals surface area contributed by atoms with E-state index < -0.39 is 0 Å². The van der Waals surface area contributed by atoms with Gasteiger partial charge in [-0.3, -0.25) is 9.55 Å². The molecular weight excluding hydrogens is 621 g/mol. The first-order valence-electron chi connectivity index (χ1n) is 17.5. The van der Waals surface area contributed by atoms with Crippen molar-refractivity contribution in [1.82, 2.24) is 19.1 Å². The number of aromatic nitrogens is 4. The van der Waals surface area contributed by atoms with Crippen LogP contribution in [0.5, 0.6) is 0 Å². The zero-order valence-electron chi connectivity index (χ0n) is 27.7. The molecule has 10 aromatic rings. The number of hydrogen-bond donors (Lipinski definition) is 0. The van der Waals surface area contributed by atoms with E-state index in [9.17, 15) is 0 Å². The van der Waals surface area contributed by atoms with Gasteiger partial charge in [0.15, 0.2) is 5.82 Å². The van der Waals surface area contributed by atoms with Crippen molar-refractivity contribution in [2.75, 3.05) is 0 Å². The van der Waals surface area contributed by atoms with Gasteiger partial charge in [0, 0.05) is 39.2 Å². The minimum atomic E-state index is 0.831. The first-order chi connectivity index (χ1) is 25.3. The maximum atomic E-state index is 5.23. The predicted octanol–water partition coefficient (Wildman–Crippen LogP) is 11.6. The highest BCUT2D eigenvalue weighted by molar-refractivity contribution is 6.12. The molecule has 0 N–H and O–H groups in total. The lowest BCUT2D eigenvalue weighted by atomic mass is 10.0. The normalized spacial score (nSPS) is 12.2. The lowest BCUT2D eigenvalue weighted by molar-refractivity contribution is 1.01. The summed E-state index contributed by atoms with van der Waals surface area (Å²) in [6.07, 6.45) is 2.77. The molecule has 0 amide bonds. The van der Waals surface area contributed by atoms with Gasteiger partial charge in [0.2, 0.25) is 0 Å². The Morgan fingerprint density at radius 1 is 0.431 bits per heavy atom. The van der Waals surface area contributed by atoms with Crippen molar-refractivity contribution in [2.45, 2.75) is 6.42 Å². The maximum Gasteiger partial charge on any atom is 0.156 e. The summed E-state index contributed by atoms with van der Waals surface area (Å²) in [6, 6.07) is 59.1. The number of benzene rings is 7. The molecule has 3 heterocycles. The quantitative estimate of drug-likeness (QED) is 0.190. The van der Waals surface area contributed by atoms with Crippen molar-refractivity contribution in [3.8, 4) is 45.0 Å². The van der Waals surface area contributed by atoms with Gasteiger partial charge < -0.3 is 4.57 Å². The highest BCUT2D eigenvalue weighted by atomic mass is 15.1. The number of rotatable bonds is 4. The fraction of sp³-hybridized carbons (Fsp3) is 0.0213. The molecule has 4 heteroatoms. The summed E-state index contributed by atoms with van der Waals surface area (Å²) in [7, 11) is 0. The van der Waals surface area contributed by atoms with Crippen molar-refractivity contribution in [1.29, 1.82) is 0 Å². The maximum absolute atomic E-state index is 5.23. The fourth-order valence-corrected chi connectivity index (χ4v) is 8.20. The molecule has 11 rings (SSSR count). The van der Waals surface area contributed by atoms with E-state index in [0.717, 1.165) is 40.3 Å². The van der Waals surface area contributed by atoms with Gasteiger partial charge in [-0.05, 0) is 70.3 Å². The van der Waals surface area contributed by atoms with E-state index in [2.05, 4.69) is 173 Å². The molecule has 0 saturated heterocycles. The van der Waals surface area contributed by atoms with Crippen LogP contribution in [0, 0.1) is 0 Å². The van der Waals surface area contributed by atoms with Crippen LogP contribution in [0.1, 0.15) is 11.3 Å². The monoisotopic (exact) mass is 650 g/mol. The Balaban J connectivity index is 1.06. The highest BCUT2D eigenvalue weighted by Gasteiger charge is 2.23. The summed E-state index contributed by atoms with van der Waals surface area (Å²) < 4.78 is 4.67. The van der Waals surface area contributed by atoms with Crippen molar-refractivity contribution in [3.05, 3.63) is 181 Å². The van der Waals surface area contributed by atoms with Crippen molar-refractivity contribution >= 4 is 43.6 Å². The van der Waals surface area contributed by atoms with Crippen LogP contribution in [0.4, 0.5) is 0 Å². The predicted molar refractivity (Wildman–Crippen MR) is 210 cm³/mol. The Morgan fingerprint density at radius 3 is 1.88 bits per heavy atom. The van der Waals surface area contributed by atoms with Crippen LogP contribution in [-0.2, 0) is 6.42 Å². The van der Waals surface area contributed by atoms with Gasteiger partial charge in [-0.15, -0.1) is 0 Å². The van der Waals surface area contributed by atoms with Crippen LogP contribution in [0.25, 0.3) is 88.6 Å². The van der Waals surface area contributed by atoms with Crippen LogP contribution < -0.4 is 0 Å². The summed E-state index contributed by atoms with van der Waals surface area (Å²) in [5, 5.41) is 4.90. The van der Waals surface area contributed by atoms with Crippen LogP contribution in [0.2, 0.25) is 0 Å². The van der Waals surface area contributed by atoms with E-state index >= 15 is 0 Å². The molecule has 3 aromatic heterocycles. The van der Waals surface area contributed by atoms with Gasteiger partial charge in [-0.2, -0.15) is 0 Å². The molecule has 7 aromatic carbocycles. The molecule has 0 saturated carbocycles. The second-order valence-electron chi connectivity index (χ2n) is 13.4. The second kappa shape index (κ2) is 10.9. The second-order valence-corrected chi connectivity index (χ2v) is 13.4. The lowest BCUT2D eigenvalue weighted by Gasteiger charge is -2.11. The van der Waals surface area contributed by atoms with Gasteiger partial charge in [0.25, 0.3) is 0 Å². The molecule has 1 aliphatic carbocycles. The van der Waals surface area contributed by atoms with Crippen LogP contribution in [0.15, 0.2) is 170 Å². The Hall–Kier alpha value is -6.78. The summed E-state index contributed by atoms with van der Waals surface area (Å²) in [4.78, 5) is 10.2. The summed E-state index contributed by atoms with van der Waals surface area (Å²) in [5.41, 5.74) is 15.1. The summed E-state index contributed by atoms with van der Waals surface area (Å²) >= 11 is 0. The van der Waals surface area contributed by atoms with E-state index in [1.165, 1.54) is 66.0 Å². The number of fused-ring (bicyclic) bond motifs is 9. The average Bonchev–Trinajstić information content (AvgIpc) is 3.85. The van der Waals surface area contributed by atoms with E-state index in [0.29, 0.717) is 0 Å². The van der Waals surface area contributed by atoms with Gasteiger partial charge >= 0.3 is 0 Å². The van der Waals surface area contributed by atoms with Gasteiger partial charge in [0.05, 0.1) is 39.7 Å². The summed E-state index contributed by atoms with van der Waals surface area (Å²) in [5.74, 6) is 0.841. The molecule has 0 atom stereocenters. The highest BCUT2D eigenvalue weighted by Crippen LogP contribution is 2.39. The first kappa shape index (κ1) is 28.1. The molecule has 4 nitrogen and oxygen atoms in total. The average molecular weight is 651 g/mol. The topological polar surface area (TPSA) is 35.6 Å². The van der Waals surface area contributed by atoms with Crippen molar-refractivity contribution in [3.63, 3.8) is 0 Å². The smallest absolute Gasteiger partial charge is 0.156 e. The SMILES string of the molecule is c1ccc(-c2ccc(-n3c4ccccc4c4ccc(-c5ccc6c(c5)c5ccccc5n6-c5cnc6c(n5)-c5ccccc5C6)cc43)cc2)cc1. The molecule has 0 aliphatic heterocycles. The third-order valence-electron chi connectivity index (χ3n) is 10.6. The Labute approximate surface area is 294 Å². The van der Waals surface area contributed by atoms with Crippen molar-refractivity contribution < 1.29 is 0 Å². The Bertz CT molecular complexity index is 2980. The lowest BCUT2D eigenvalue weighted by Crippen LogP contribution is -2.01. The van der Waals surface area contributed by atoms with E-state index in [1.54, 1.807) is 0 Å². The van der Waals surface area contributed by atoms with E-state index in [1.807, 2.05) is 6.20 Å². The molecular formula is C47H30N4. The molecule has 0 radical (unpaired) electrons. The van der Waals surface area contributed by atoms with Crippen LogP contribution in [0.3, 0.4) is 0 Å². The van der Waals surface area contributed by atoms with Crippen LogP contribution >= 0.6 is 0 Å². The molecule has 0 unspecified atom stereocenters. The van der Waals surface area contributed by atoms with Crippen molar-refractivity contribution in [2.24, 2.45) is 0 Å². The van der Waals surface area contributed by atoms with Gasteiger partial charge in [-0.25, -0.2) is 4.98 Å². The molecule has 51 heavy (non-hydrogen) atoms. The number of para-hydroxylation sites is 2. The van der Waals surface area contributed by atoms with Gasteiger partial charge in [0.1, 0.15) is 0 Å². The Kier molecular flexibility index (Phi) is 5.98. The zero-order valence-corrected chi connectivity index (χ0v) is 27.7. The van der Waals surface area contributed by atoms with E-state index in [4.69, 9.17) is 9.97 Å².